The summed E-state index contributed by atoms with van der Waals surface area (Å²) in [4.78, 5) is 9.94. The van der Waals surface area contributed by atoms with E-state index < -0.39 is 11.6 Å². The van der Waals surface area contributed by atoms with E-state index in [0.717, 1.165) is 6.07 Å². The second-order valence-electron chi connectivity index (χ2n) is 2.75. The average Bonchev–Trinajstić information content (AvgIpc) is 2.14. The molecule has 3 heteroatoms. The molecule has 0 spiro atoms. The van der Waals surface area contributed by atoms with Crippen LogP contribution in [0.4, 0.5) is 8.78 Å². The van der Waals surface area contributed by atoms with Crippen molar-refractivity contribution in [1.29, 1.82) is 0 Å². The second-order valence-corrected chi connectivity index (χ2v) is 2.75. The summed E-state index contributed by atoms with van der Waals surface area (Å²) < 4.78 is 25.8. The van der Waals surface area contributed by atoms with Gasteiger partial charge in [0.25, 0.3) is 0 Å². The molecule has 0 unspecified atom stereocenters. The normalized spacial score (nSPS) is 9.07. The Morgan fingerprint density at radius 1 is 1.36 bits per heavy atom. The highest BCUT2D eigenvalue weighted by molar-refractivity contribution is 5.55. The van der Waals surface area contributed by atoms with Crippen LogP contribution in [0.15, 0.2) is 12.1 Å². The zero-order chi connectivity index (χ0) is 10.6. The van der Waals surface area contributed by atoms with Crippen LogP contribution in [0.3, 0.4) is 0 Å². The Balaban J connectivity index is 3.05. The maximum atomic E-state index is 13.0. The monoisotopic (exact) mass is 194 g/mol. The van der Waals surface area contributed by atoms with Crippen LogP contribution in [0, 0.1) is 30.4 Å². The molecular weight excluding hydrogens is 186 g/mol. The molecule has 0 heterocycles. The molecule has 1 rings (SSSR count). The lowest BCUT2D eigenvalue weighted by atomic mass is 10.1. The fraction of sp³-hybridized carbons (Fsp3) is 0.182. The fourth-order valence-electron chi connectivity index (χ4n) is 0.941. The van der Waals surface area contributed by atoms with Gasteiger partial charge in [-0.2, -0.15) is 0 Å². The molecule has 72 valence electrons. The van der Waals surface area contributed by atoms with Crippen LogP contribution in [-0.2, 0) is 4.79 Å². The van der Waals surface area contributed by atoms with E-state index >= 15 is 0 Å². The Labute approximate surface area is 80.7 Å². The summed E-state index contributed by atoms with van der Waals surface area (Å²) in [6.07, 6.45) is 0.678. The van der Waals surface area contributed by atoms with Gasteiger partial charge in [-0.3, -0.25) is 0 Å². The molecule has 0 aliphatic rings. The second kappa shape index (κ2) is 4.52. The lowest BCUT2D eigenvalue weighted by Crippen LogP contribution is -1.90. The molecule has 1 aromatic rings. The van der Waals surface area contributed by atoms with E-state index in [1.807, 2.05) is 0 Å². The average molecular weight is 194 g/mol. The van der Waals surface area contributed by atoms with Crippen molar-refractivity contribution in [3.63, 3.8) is 0 Å². The van der Waals surface area contributed by atoms with Crippen molar-refractivity contribution in [2.24, 2.45) is 0 Å². The Morgan fingerprint density at radius 2 is 2.07 bits per heavy atom. The summed E-state index contributed by atoms with van der Waals surface area (Å²) in [6, 6.07) is 2.11. The molecule has 0 aliphatic carbocycles. The Morgan fingerprint density at radius 3 is 2.71 bits per heavy atom. The van der Waals surface area contributed by atoms with E-state index in [-0.39, 0.29) is 12.0 Å². The maximum absolute atomic E-state index is 13.0. The first-order valence-corrected chi connectivity index (χ1v) is 4.03. The molecule has 0 radical (unpaired) electrons. The summed E-state index contributed by atoms with van der Waals surface area (Å²) in [5, 5.41) is 0. The number of aldehydes is 1. The summed E-state index contributed by atoms with van der Waals surface area (Å²) in [5.41, 5.74) is 0.451. The molecule has 0 saturated carbocycles. The number of benzene rings is 1. The van der Waals surface area contributed by atoms with Crippen LogP contribution in [0.2, 0.25) is 0 Å². The minimum absolute atomic E-state index is 0.0515. The third-order valence-electron chi connectivity index (χ3n) is 1.66. The third kappa shape index (κ3) is 2.40. The standard InChI is InChI=1S/C11H8F2O/c1-8-6-9(4-2-3-5-14)11(13)7-10(8)12/h5-7H,3H2,1H3. The molecule has 1 aromatic carbocycles. The van der Waals surface area contributed by atoms with Crippen LogP contribution in [0.1, 0.15) is 17.5 Å². The van der Waals surface area contributed by atoms with Crippen molar-refractivity contribution in [2.75, 3.05) is 0 Å². The van der Waals surface area contributed by atoms with E-state index in [2.05, 4.69) is 11.8 Å². The van der Waals surface area contributed by atoms with Gasteiger partial charge in [0, 0.05) is 6.07 Å². The first-order chi connectivity index (χ1) is 6.65. The van der Waals surface area contributed by atoms with Gasteiger partial charge in [-0.15, -0.1) is 0 Å². The zero-order valence-electron chi connectivity index (χ0n) is 7.60. The lowest BCUT2D eigenvalue weighted by molar-refractivity contribution is -0.107. The molecular formula is C11H8F2O. The van der Waals surface area contributed by atoms with E-state index in [0.29, 0.717) is 11.8 Å². The van der Waals surface area contributed by atoms with Crippen LogP contribution in [0.5, 0.6) is 0 Å². The van der Waals surface area contributed by atoms with Crippen LogP contribution in [0.25, 0.3) is 0 Å². The van der Waals surface area contributed by atoms with Gasteiger partial charge in [-0.05, 0) is 18.6 Å². The fourth-order valence-corrected chi connectivity index (χ4v) is 0.941. The number of carbonyl (C=O) groups excluding carboxylic acids is 1. The molecule has 0 atom stereocenters. The van der Waals surface area contributed by atoms with Gasteiger partial charge in [0.15, 0.2) is 0 Å². The van der Waals surface area contributed by atoms with E-state index in [4.69, 9.17) is 0 Å². The van der Waals surface area contributed by atoms with Crippen LogP contribution < -0.4 is 0 Å². The smallest absolute Gasteiger partial charge is 0.141 e. The van der Waals surface area contributed by atoms with Gasteiger partial charge < -0.3 is 4.79 Å². The third-order valence-corrected chi connectivity index (χ3v) is 1.66. The van der Waals surface area contributed by atoms with Crippen molar-refractivity contribution < 1.29 is 13.6 Å². The summed E-state index contributed by atoms with van der Waals surface area (Å²) >= 11 is 0. The number of halogens is 2. The largest absolute Gasteiger partial charge is 0.302 e. The van der Waals surface area contributed by atoms with Crippen molar-refractivity contribution in [3.05, 3.63) is 34.9 Å². The van der Waals surface area contributed by atoms with Crippen molar-refractivity contribution in [1.82, 2.24) is 0 Å². The predicted octanol–water partition coefficient (Wildman–Crippen LogP) is 2.21. The summed E-state index contributed by atoms with van der Waals surface area (Å²) in [7, 11) is 0. The van der Waals surface area contributed by atoms with Gasteiger partial charge in [0.2, 0.25) is 0 Å². The van der Waals surface area contributed by atoms with Gasteiger partial charge in [-0.1, -0.05) is 11.8 Å². The van der Waals surface area contributed by atoms with Gasteiger partial charge >= 0.3 is 0 Å². The predicted molar refractivity (Wildman–Crippen MR) is 48.7 cm³/mol. The van der Waals surface area contributed by atoms with E-state index in [1.165, 1.54) is 13.0 Å². The molecule has 0 saturated heterocycles. The highest BCUT2D eigenvalue weighted by atomic mass is 19.1. The molecule has 0 aromatic heterocycles. The van der Waals surface area contributed by atoms with Gasteiger partial charge in [0.1, 0.15) is 17.9 Å². The van der Waals surface area contributed by atoms with Crippen molar-refractivity contribution in [3.8, 4) is 11.8 Å². The first-order valence-electron chi connectivity index (χ1n) is 4.03. The highest BCUT2D eigenvalue weighted by Gasteiger charge is 2.04. The summed E-state index contributed by atoms with van der Waals surface area (Å²) in [5.74, 6) is 3.62. The number of carbonyl (C=O) groups is 1. The minimum atomic E-state index is -0.702. The quantitative estimate of drug-likeness (QED) is 0.495. The van der Waals surface area contributed by atoms with E-state index in [1.54, 1.807) is 0 Å². The SMILES string of the molecule is Cc1cc(C#CCC=O)c(F)cc1F. The number of hydrogen-bond acceptors (Lipinski definition) is 1. The molecule has 0 N–H and O–H groups in total. The maximum Gasteiger partial charge on any atom is 0.141 e. The molecule has 14 heavy (non-hydrogen) atoms. The lowest BCUT2D eigenvalue weighted by Gasteiger charge is -1.98. The minimum Gasteiger partial charge on any atom is -0.302 e. The molecule has 0 bridgehead atoms. The van der Waals surface area contributed by atoms with Crippen molar-refractivity contribution in [2.45, 2.75) is 13.3 Å². The summed E-state index contributed by atoms with van der Waals surface area (Å²) in [6.45, 7) is 1.53. The van der Waals surface area contributed by atoms with Crippen LogP contribution in [-0.4, -0.2) is 6.29 Å². The first kappa shape index (κ1) is 10.4. The van der Waals surface area contributed by atoms with Crippen molar-refractivity contribution >= 4 is 6.29 Å². The highest BCUT2D eigenvalue weighted by Crippen LogP contribution is 2.12. The molecule has 0 amide bonds. The zero-order valence-corrected chi connectivity index (χ0v) is 7.60. The molecule has 0 aliphatic heterocycles. The molecule has 1 nitrogen and oxygen atoms in total. The number of hydrogen-bond donors (Lipinski definition) is 0. The Hall–Kier alpha value is -1.69. The Bertz CT molecular complexity index is 413. The Kier molecular flexibility index (Phi) is 3.35. The topological polar surface area (TPSA) is 17.1 Å². The van der Waals surface area contributed by atoms with Gasteiger partial charge in [0.05, 0.1) is 12.0 Å². The number of rotatable bonds is 1. The van der Waals surface area contributed by atoms with Crippen LogP contribution >= 0.6 is 0 Å². The molecule has 0 fully saturated rings. The number of aryl methyl sites for hydroxylation is 1. The van der Waals surface area contributed by atoms with E-state index in [9.17, 15) is 13.6 Å². The van der Waals surface area contributed by atoms with Gasteiger partial charge in [-0.25, -0.2) is 8.78 Å².